The maximum atomic E-state index is 12.8. The minimum Gasteiger partial charge on any atom is -0.340 e. The highest BCUT2D eigenvalue weighted by molar-refractivity contribution is 7.90. The van der Waals surface area contributed by atoms with Gasteiger partial charge in [0.25, 0.3) is 0 Å². The average Bonchev–Trinajstić information content (AvgIpc) is 3.23. The molecule has 0 radical (unpaired) electrons. The fraction of sp³-hybridized carbons (Fsp3) is 0.400. The van der Waals surface area contributed by atoms with E-state index in [9.17, 15) is 13.2 Å². The van der Waals surface area contributed by atoms with Crippen molar-refractivity contribution in [3.8, 4) is 0 Å². The van der Waals surface area contributed by atoms with Gasteiger partial charge in [0.2, 0.25) is 0 Å². The summed E-state index contributed by atoms with van der Waals surface area (Å²) in [6.07, 6.45) is 7.25. The van der Waals surface area contributed by atoms with Gasteiger partial charge in [0.05, 0.1) is 22.1 Å². The van der Waals surface area contributed by atoms with Gasteiger partial charge in [-0.25, -0.2) is 18.2 Å². The Morgan fingerprint density at radius 2 is 1.86 bits per heavy atom. The van der Waals surface area contributed by atoms with Crippen LogP contribution in [-0.2, 0) is 16.9 Å². The number of sulfone groups is 1. The van der Waals surface area contributed by atoms with Crippen LogP contribution >= 0.6 is 0 Å². The molecule has 2 heterocycles. The van der Waals surface area contributed by atoms with Gasteiger partial charge in [-0.15, -0.1) is 0 Å². The lowest BCUT2D eigenvalue weighted by Gasteiger charge is -2.13. The molecule has 3 aromatic rings. The van der Waals surface area contributed by atoms with Crippen LogP contribution in [0.5, 0.6) is 0 Å². The lowest BCUT2D eigenvalue weighted by Crippen LogP contribution is -2.24. The number of rotatable bonds is 4. The second kappa shape index (κ2) is 6.77. The molecule has 1 fully saturated rings. The number of nitrogens with zero attached hydrogens (tertiary/aromatic N) is 3. The third-order valence-corrected chi connectivity index (χ3v) is 6.66. The summed E-state index contributed by atoms with van der Waals surface area (Å²) >= 11 is 0. The maximum Gasteiger partial charge on any atom is 0.329 e. The Labute approximate surface area is 163 Å². The summed E-state index contributed by atoms with van der Waals surface area (Å²) in [5, 5.41) is 3.26. The number of benzene rings is 1. The molecular weight excluding hydrogens is 376 g/mol. The molecule has 1 N–H and O–H groups in total. The molecule has 7 nitrogen and oxygen atoms in total. The van der Waals surface area contributed by atoms with Crippen molar-refractivity contribution >= 4 is 32.4 Å². The van der Waals surface area contributed by atoms with E-state index in [1.807, 2.05) is 17.6 Å². The summed E-state index contributed by atoms with van der Waals surface area (Å²) in [6, 6.07) is 7.11. The molecule has 2 aromatic heterocycles. The molecule has 1 saturated carbocycles. The van der Waals surface area contributed by atoms with Gasteiger partial charge in [-0.05, 0) is 43.5 Å². The number of fused-ring (bicyclic) bond motifs is 1. The molecule has 1 aliphatic rings. The number of hydrogen-bond acceptors (Lipinski definition) is 5. The summed E-state index contributed by atoms with van der Waals surface area (Å²) in [7, 11) is -1.47. The number of imidazole rings is 1. The molecule has 0 bridgehead atoms. The topological polar surface area (TPSA) is 86.0 Å². The third-order valence-electron chi connectivity index (χ3n) is 5.55. The van der Waals surface area contributed by atoms with Gasteiger partial charge in [0, 0.05) is 31.1 Å². The van der Waals surface area contributed by atoms with Crippen molar-refractivity contribution in [2.75, 3.05) is 11.6 Å². The van der Waals surface area contributed by atoms with Gasteiger partial charge in [0.1, 0.15) is 5.82 Å². The van der Waals surface area contributed by atoms with Crippen molar-refractivity contribution in [3.63, 3.8) is 0 Å². The van der Waals surface area contributed by atoms with E-state index in [4.69, 9.17) is 0 Å². The van der Waals surface area contributed by atoms with Crippen LogP contribution in [0.1, 0.15) is 37.3 Å². The largest absolute Gasteiger partial charge is 0.340 e. The van der Waals surface area contributed by atoms with E-state index in [0.29, 0.717) is 5.82 Å². The molecule has 8 heteroatoms. The van der Waals surface area contributed by atoms with Crippen LogP contribution in [0.2, 0.25) is 0 Å². The average molecular weight is 401 g/mol. The Kier molecular flexibility index (Phi) is 4.53. The number of hydrogen-bond donors (Lipinski definition) is 1. The highest BCUT2D eigenvalue weighted by Gasteiger charge is 2.23. The van der Waals surface area contributed by atoms with Gasteiger partial charge < -0.3 is 5.32 Å². The molecule has 28 heavy (non-hydrogen) atoms. The van der Waals surface area contributed by atoms with Crippen LogP contribution in [0.25, 0.3) is 11.0 Å². The Balaban J connectivity index is 1.74. The Bertz CT molecular complexity index is 1220. The first kappa shape index (κ1) is 18.7. The van der Waals surface area contributed by atoms with Crippen molar-refractivity contribution in [2.24, 2.45) is 7.05 Å². The number of nitrogens with one attached hydrogen (secondary N) is 1. The lowest BCUT2D eigenvalue weighted by atomic mass is 10.2. The van der Waals surface area contributed by atoms with Gasteiger partial charge in [-0.2, -0.15) is 0 Å². The first-order valence-corrected chi connectivity index (χ1v) is 11.3. The molecule has 4 rings (SSSR count). The van der Waals surface area contributed by atoms with Gasteiger partial charge >= 0.3 is 5.69 Å². The van der Waals surface area contributed by atoms with E-state index in [1.54, 1.807) is 36.0 Å². The molecule has 0 amide bonds. The molecule has 0 unspecified atom stereocenters. The monoisotopic (exact) mass is 400 g/mol. The second-order valence-electron chi connectivity index (χ2n) is 7.58. The summed E-state index contributed by atoms with van der Waals surface area (Å²) in [4.78, 5) is 17.5. The second-order valence-corrected chi connectivity index (χ2v) is 9.60. The highest BCUT2D eigenvalue weighted by Crippen LogP contribution is 2.32. The molecule has 148 valence electrons. The van der Waals surface area contributed by atoms with E-state index in [0.717, 1.165) is 48.0 Å². The molecule has 0 spiro atoms. The number of pyridine rings is 1. The Hall–Kier alpha value is -2.61. The molecule has 1 aromatic carbocycles. The maximum absolute atomic E-state index is 12.8. The first-order chi connectivity index (χ1) is 13.3. The standard InChI is InChI=1S/C20H24N4O3S/c1-13-10-15(28(3,26)27)8-9-16(13)22-19-11-17-18(12-21-19)23(2)20(25)24(17)14-6-4-5-7-14/h8-12,14H,4-7H2,1-3H3,(H,21,22). The van der Waals surface area contributed by atoms with E-state index in [1.165, 1.54) is 6.26 Å². The van der Waals surface area contributed by atoms with E-state index in [2.05, 4.69) is 10.3 Å². The van der Waals surface area contributed by atoms with E-state index < -0.39 is 9.84 Å². The Morgan fingerprint density at radius 1 is 1.14 bits per heavy atom. The molecule has 0 atom stereocenters. The van der Waals surface area contributed by atoms with Gasteiger partial charge in [-0.1, -0.05) is 12.8 Å². The summed E-state index contributed by atoms with van der Waals surface area (Å²) in [6.45, 7) is 1.85. The SMILES string of the molecule is Cc1cc(S(C)(=O)=O)ccc1Nc1cc2c(cn1)n(C)c(=O)n2C1CCCC1. The van der Waals surface area contributed by atoms with Crippen molar-refractivity contribution in [3.05, 3.63) is 46.5 Å². The van der Waals surface area contributed by atoms with Gasteiger partial charge in [0.15, 0.2) is 9.84 Å². The fourth-order valence-electron chi connectivity index (χ4n) is 3.99. The third kappa shape index (κ3) is 3.22. The fourth-order valence-corrected chi connectivity index (χ4v) is 4.69. The number of anilines is 2. The first-order valence-electron chi connectivity index (χ1n) is 9.40. The summed E-state index contributed by atoms with van der Waals surface area (Å²) < 4.78 is 27.0. The van der Waals surface area contributed by atoms with Crippen molar-refractivity contribution in [1.29, 1.82) is 0 Å². The van der Waals surface area contributed by atoms with Crippen LogP contribution in [0.15, 0.2) is 40.2 Å². The van der Waals surface area contributed by atoms with Crippen molar-refractivity contribution in [1.82, 2.24) is 14.1 Å². The normalized spacial score (nSPS) is 15.4. The minimum absolute atomic E-state index is 0.00506. The van der Waals surface area contributed by atoms with Gasteiger partial charge in [-0.3, -0.25) is 9.13 Å². The van der Waals surface area contributed by atoms with Crippen LogP contribution < -0.4 is 11.0 Å². The zero-order valence-electron chi connectivity index (χ0n) is 16.3. The zero-order valence-corrected chi connectivity index (χ0v) is 17.1. The lowest BCUT2D eigenvalue weighted by molar-refractivity contribution is 0.509. The predicted octanol–water partition coefficient (Wildman–Crippen LogP) is 3.31. The summed E-state index contributed by atoms with van der Waals surface area (Å²) in [5.74, 6) is 0.625. The predicted molar refractivity (Wildman–Crippen MR) is 110 cm³/mol. The van der Waals surface area contributed by atoms with Crippen LogP contribution in [0.3, 0.4) is 0 Å². The molecular formula is C20H24N4O3S. The minimum atomic E-state index is -3.25. The Morgan fingerprint density at radius 3 is 2.50 bits per heavy atom. The molecule has 1 aliphatic carbocycles. The van der Waals surface area contributed by atoms with E-state index >= 15 is 0 Å². The number of aryl methyl sites for hydroxylation is 2. The van der Waals surface area contributed by atoms with Crippen LogP contribution in [0.4, 0.5) is 11.5 Å². The van der Waals surface area contributed by atoms with Crippen LogP contribution in [0, 0.1) is 6.92 Å². The molecule has 0 saturated heterocycles. The smallest absolute Gasteiger partial charge is 0.329 e. The number of aromatic nitrogens is 3. The zero-order chi connectivity index (χ0) is 20.1. The highest BCUT2D eigenvalue weighted by atomic mass is 32.2. The molecule has 0 aliphatic heterocycles. The van der Waals surface area contributed by atoms with Crippen LogP contribution in [-0.4, -0.2) is 28.8 Å². The summed E-state index contributed by atoms with van der Waals surface area (Å²) in [5.41, 5.74) is 3.28. The quantitative estimate of drug-likeness (QED) is 0.726. The van der Waals surface area contributed by atoms with Crippen molar-refractivity contribution < 1.29 is 8.42 Å². The van der Waals surface area contributed by atoms with E-state index in [-0.39, 0.29) is 16.6 Å². The van der Waals surface area contributed by atoms with Crippen molar-refractivity contribution in [2.45, 2.75) is 43.5 Å².